The predicted molar refractivity (Wildman–Crippen MR) is 83.8 cm³/mol. The van der Waals surface area contributed by atoms with Gasteiger partial charge in [-0.2, -0.15) is 11.8 Å². The number of hydrogen-bond donors (Lipinski definition) is 2. The van der Waals surface area contributed by atoms with E-state index in [1.54, 1.807) is 0 Å². The topological polar surface area (TPSA) is 49.3 Å². The molecule has 20 heavy (non-hydrogen) atoms. The standard InChI is InChI=1S/C16H23NO2S/c18-12-15(10-13-4-2-1-3-5-13)17-16(19)11-14-6-8-20-9-7-14/h1-5,14-15,18H,6-12H2,(H,17,19)/t15-/m0/s1. The maximum Gasteiger partial charge on any atom is 0.220 e. The Morgan fingerprint density at radius 1 is 1.30 bits per heavy atom. The molecule has 1 heterocycles. The molecule has 2 rings (SSSR count). The van der Waals surface area contributed by atoms with Gasteiger partial charge in [0.1, 0.15) is 0 Å². The molecule has 1 aliphatic rings. The quantitative estimate of drug-likeness (QED) is 0.845. The first-order valence-electron chi connectivity index (χ1n) is 7.30. The van der Waals surface area contributed by atoms with E-state index in [4.69, 9.17) is 0 Å². The highest BCUT2D eigenvalue weighted by Crippen LogP contribution is 2.25. The first-order chi connectivity index (χ1) is 9.78. The summed E-state index contributed by atoms with van der Waals surface area (Å²) in [5, 5.41) is 12.4. The zero-order chi connectivity index (χ0) is 14.2. The molecule has 0 bridgehead atoms. The summed E-state index contributed by atoms with van der Waals surface area (Å²) < 4.78 is 0. The molecule has 0 unspecified atom stereocenters. The largest absolute Gasteiger partial charge is 0.394 e. The molecule has 4 heteroatoms. The number of aliphatic hydroxyl groups is 1. The summed E-state index contributed by atoms with van der Waals surface area (Å²) in [5.74, 6) is 2.95. The van der Waals surface area contributed by atoms with Crippen molar-refractivity contribution in [3.05, 3.63) is 35.9 Å². The molecule has 1 aliphatic heterocycles. The molecular weight excluding hydrogens is 270 g/mol. The van der Waals surface area contributed by atoms with Crippen molar-refractivity contribution in [3.8, 4) is 0 Å². The van der Waals surface area contributed by atoms with Crippen LogP contribution in [0.5, 0.6) is 0 Å². The van der Waals surface area contributed by atoms with E-state index in [1.165, 1.54) is 11.5 Å². The first kappa shape index (κ1) is 15.4. The minimum atomic E-state index is -0.178. The van der Waals surface area contributed by atoms with Crippen LogP contribution < -0.4 is 5.32 Å². The van der Waals surface area contributed by atoms with Crippen LogP contribution in [-0.4, -0.2) is 35.2 Å². The molecule has 1 amide bonds. The second-order valence-electron chi connectivity index (χ2n) is 5.40. The van der Waals surface area contributed by atoms with Crippen LogP contribution in [-0.2, 0) is 11.2 Å². The Hall–Kier alpha value is -1.00. The highest BCUT2D eigenvalue weighted by atomic mass is 32.2. The number of benzene rings is 1. The normalized spacial score (nSPS) is 17.6. The number of nitrogens with one attached hydrogen (secondary N) is 1. The molecule has 0 spiro atoms. The summed E-state index contributed by atoms with van der Waals surface area (Å²) in [5.41, 5.74) is 1.14. The Morgan fingerprint density at radius 2 is 2.00 bits per heavy atom. The number of thioether (sulfide) groups is 1. The van der Waals surface area contributed by atoms with Gasteiger partial charge in [-0.25, -0.2) is 0 Å². The Balaban J connectivity index is 1.78. The zero-order valence-corrected chi connectivity index (χ0v) is 12.6. The van der Waals surface area contributed by atoms with E-state index < -0.39 is 0 Å². The van der Waals surface area contributed by atoms with Crippen molar-refractivity contribution in [2.45, 2.75) is 31.7 Å². The maximum atomic E-state index is 12.0. The van der Waals surface area contributed by atoms with E-state index in [2.05, 4.69) is 5.32 Å². The van der Waals surface area contributed by atoms with E-state index in [1.807, 2.05) is 42.1 Å². The Bertz CT molecular complexity index is 404. The van der Waals surface area contributed by atoms with Crippen LogP contribution in [0.15, 0.2) is 30.3 Å². The van der Waals surface area contributed by atoms with E-state index in [9.17, 15) is 9.90 Å². The molecule has 1 atom stereocenters. The van der Waals surface area contributed by atoms with Crippen LogP contribution in [0.3, 0.4) is 0 Å². The number of carbonyl (C=O) groups excluding carboxylic acids is 1. The molecule has 2 N–H and O–H groups in total. The van der Waals surface area contributed by atoms with Gasteiger partial charge in [0.2, 0.25) is 5.91 Å². The number of rotatable bonds is 6. The number of hydrogen-bond acceptors (Lipinski definition) is 3. The molecular formula is C16H23NO2S. The highest BCUT2D eigenvalue weighted by Gasteiger charge is 2.19. The molecule has 0 saturated carbocycles. The minimum absolute atomic E-state index is 0.0127. The third-order valence-corrected chi connectivity index (χ3v) is 4.77. The summed E-state index contributed by atoms with van der Waals surface area (Å²) in [6.07, 6.45) is 3.57. The lowest BCUT2D eigenvalue weighted by molar-refractivity contribution is -0.123. The zero-order valence-electron chi connectivity index (χ0n) is 11.8. The molecule has 0 radical (unpaired) electrons. The summed E-state index contributed by atoms with van der Waals surface area (Å²) in [6, 6.07) is 9.79. The fourth-order valence-electron chi connectivity index (χ4n) is 2.56. The fourth-order valence-corrected chi connectivity index (χ4v) is 3.76. The average Bonchev–Trinajstić information content (AvgIpc) is 2.48. The van der Waals surface area contributed by atoms with Gasteiger partial charge in [0.05, 0.1) is 12.6 Å². The third kappa shape index (κ3) is 5.17. The molecule has 1 aromatic carbocycles. The molecule has 1 aromatic rings. The van der Waals surface area contributed by atoms with Crippen LogP contribution in [0.25, 0.3) is 0 Å². The van der Waals surface area contributed by atoms with Gasteiger partial charge < -0.3 is 10.4 Å². The Morgan fingerprint density at radius 3 is 2.65 bits per heavy atom. The van der Waals surface area contributed by atoms with E-state index in [0.717, 1.165) is 18.4 Å². The number of carbonyl (C=O) groups is 1. The molecule has 110 valence electrons. The molecule has 3 nitrogen and oxygen atoms in total. The van der Waals surface area contributed by atoms with E-state index >= 15 is 0 Å². The Labute approximate surface area is 125 Å². The summed E-state index contributed by atoms with van der Waals surface area (Å²) >= 11 is 1.97. The lowest BCUT2D eigenvalue weighted by atomic mass is 9.98. The highest BCUT2D eigenvalue weighted by molar-refractivity contribution is 7.99. The van der Waals surface area contributed by atoms with Crippen LogP contribution in [0, 0.1) is 5.92 Å². The summed E-state index contributed by atoms with van der Waals surface area (Å²) in [6.45, 7) is -0.0127. The van der Waals surface area contributed by atoms with Crippen molar-refractivity contribution >= 4 is 17.7 Å². The lowest BCUT2D eigenvalue weighted by Gasteiger charge is -2.22. The van der Waals surface area contributed by atoms with Gasteiger partial charge in [-0.3, -0.25) is 4.79 Å². The van der Waals surface area contributed by atoms with Crippen LogP contribution >= 0.6 is 11.8 Å². The molecule has 0 aromatic heterocycles. The van der Waals surface area contributed by atoms with Crippen LogP contribution in [0.1, 0.15) is 24.8 Å². The van der Waals surface area contributed by atoms with E-state index in [0.29, 0.717) is 18.8 Å². The van der Waals surface area contributed by atoms with Crippen LogP contribution in [0.2, 0.25) is 0 Å². The molecule has 1 saturated heterocycles. The van der Waals surface area contributed by atoms with Gasteiger partial charge in [-0.05, 0) is 42.2 Å². The average molecular weight is 293 g/mol. The van der Waals surface area contributed by atoms with Crippen molar-refractivity contribution < 1.29 is 9.90 Å². The third-order valence-electron chi connectivity index (χ3n) is 3.73. The van der Waals surface area contributed by atoms with Crippen LogP contribution in [0.4, 0.5) is 0 Å². The van der Waals surface area contributed by atoms with Crippen molar-refractivity contribution in [3.63, 3.8) is 0 Å². The first-order valence-corrected chi connectivity index (χ1v) is 8.45. The van der Waals surface area contributed by atoms with Gasteiger partial charge in [-0.1, -0.05) is 30.3 Å². The van der Waals surface area contributed by atoms with Gasteiger partial charge in [0, 0.05) is 6.42 Å². The lowest BCUT2D eigenvalue weighted by Crippen LogP contribution is -2.40. The van der Waals surface area contributed by atoms with Gasteiger partial charge in [-0.15, -0.1) is 0 Å². The van der Waals surface area contributed by atoms with Crippen molar-refractivity contribution in [2.75, 3.05) is 18.1 Å². The molecule has 0 aliphatic carbocycles. The second-order valence-corrected chi connectivity index (χ2v) is 6.62. The molecule has 1 fully saturated rings. The van der Waals surface area contributed by atoms with Gasteiger partial charge >= 0.3 is 0 Å². The van der Waals surface area contributed by atoms with Gasteiger partial charge in [0.15, 0.2) is 0 Å². The van der Waals surface area contributed by atoms with Gasteiger partial charge in [0.25, 0.3) is 0 Å². The van der Waals surface area contributed by atoms with Crippen molar-refractivity contribution in [1.82, 2.24) is 5.32 Å². The number of amides is 1. The number of aliphatic hydroxyl groups excluding tert-OH is 1. The Kier molecular flexibility index (Phi) is 6.40. The van der Waals surface area contributed by atoms with E-state index in [-0.39, 0.29) is 18.6 Å². The van der Waals surface area contributed by atoms with Crippen molar-refractivity contribution in [1.29, 1.82) is 0 Å². The monoisotopic (exact) mass is 293 g/mol. The fraction of sp³-hybridized carbons (Fsp3) is 0.562. The minimum Gasteiger partial charge on any atom is -0.394 e. The van der Waals surface area contributed by atoms with Crippen molar-refractivity contribution in [2.24, 2.45) is 5.92 Å². The predicted octanol–water partition coefficient (Wildman–Crippen LogP) is 2.24. The maximum absolute atomic E-state index is 12.0. The smallest absolute Gasteiger partial charge is 0.220 e. The summed E-state index contributed by atoms with van der Waals surface area (Å²) in [4.78, 5) is 12.0. The second kappa shape index (κ2) is 8.32. The summed E-state index contributed by atoms with van der Waals surface area (Å²) in [7, 11) is 0. The SMILES string of the molecule is O=C(CC1CCSCC1)N[C@H](CO)Cc1ccccc1.